The molecule has 1 aromatic heterocycles. The SMILES string of the molecule is NCc1c(-c2ccccc2)ccc2cc[nH]c(=O)c12. The minimum absolute atomic E-state index is 0.0873. The first-order valence-electron chi connectivity index (χ1n) is 6.20. The number of pyridine rings is 1. The molecule has 3 rings (SSSR count). The second kappa shape index (κ2) is 4.71. The molecule has 0 saturated carbocycles. The molecule has 3 N–H and O–H groups in total. The Morgan fingerprint density at radius 1 is 1.00 bits per heavy atom. The van der Waals surface area contributed by atoms with Crippen LogP contribution in [0.15, 0.2) is 59.5 Å². The summed E-state index contributed by atoms with van der Waals surface area (Å²) >= 11 is 0. The molecule has 0 unspecified atom stereocenters. The van der Waals surface area contributed by atoms with Crippen LogP contribution in [0.1, 0.15) is 5.56 Å². The van der Waals surface area contributed by atoms with E-state index in [0.717, 1.165) is 22.1 Å². The average Bonchev–Trinajstić information content (AvgIpc) is 2.47. The van der Waals surface area contributed by atoms with Gasteiger partial charge in [-0.15, -0.1) is 0 Å². The van der Waals surface area contributed by atoms with E-state index in [1.165, 1.54) is 0 Å². The zero-order chi connectivity index (χ0) is 13.2. The van der Waals surface area contributed by atoms with Crippen molar-refractivity contribution in [3.63, 3.8) is 0 Å². The Labute approximate surface area is 110 Å². The maximum Gasteiger partial charge on any atom is 0.256 e. The second-order valence-electron chi connectivity index (χ2n) is 4.43. The van der Waals surface area contributed by atoms with Crippen molar-refractivity contribution in [3.05, 3.63) is 70.6 Å². The van der Waals surface area contributed by atoms with Gasteiger partial charge in [-0.2, -0.15) is 0 Å². The summed E-state index contributed by atoms with van der Waals surface area (Å²) in [5, 5.41) is 1.61. The summed E-state index contributed by atoms with van der Waals surface area (Å²) in [5.41, 5.74) is 8.77. The summed E-state index contributed by atoms with van der Waals surface area (Å²) in [6, 6.07) is 15.9. The van der Waals surface area contributed by atoms with Crippen LogP contribution in [0.5, 0.6) is 0 Å². The fraction of sp³-hybridized carbons (Fsp3) is 0.0625. The first kappa shape index (κ1) is 11.7. The lowest BCUT2D eigenvalue weighted by molar-refractivity contribution is 1.08. The Balaban J connectivity index is 2.39. The maximum atomic E-state index is 12.0. The van der Waals surface area contributed by atoms with Crippen LogP contribution in [0.4, 0.5) is 0 Å². The normalized spacial score (nSPS) is 10.8. The second-order valence-corrected chi connectivity index (χ2v) is 4.43. The molecule has 2 aromatic carbocycles. The molecule has 0 spiro atoms. The van der Waals surface area contributed by atoms with Crippen LogP contribution < -0.4 is 11.3 Å². The highest BCUT2D eigenvalue weighted by atomic mass is 16.1. The minimum Gasteiger partial charge on any atom is -0.329 e. The number of rotatable bonds is 2. The van der Waals surface area contributed by atoms with Gasteiger partial charge in [-0.05, 0) is 28.1 Å². The molecule has 3 nitrogen and oxygen atoms in total. The zero-order valence-electron chi connectivity index (χ0n) is 10.4. The van der Waals surface area contributed by atoms with Crippen molar-refractivity contribution in [1.82, 2.24) is 4.98 Å². The predicted octanol–water partition coefficient (Wildman–Crippen LogP) is 2.65. The number of nitrogens with two attached hydrogens (primary N) is 1. The van der Waals surface area contributed by atoms with Crippen molar-refractivity contribution < 1.29 is 0 Å². The number of aromatic nitrogens is 1. The van der Waals surface area contributed by atoms with Gasteiger partial charge in [0.1, 0.15) is 0 Å². The van der Waals surface area contributed by atoms with E-state index < -0.39 is 0 Å². The van der Waals surface area contributed by atoms with Crippen LogP contribution >= 0.6 is 0 Å². The van der Waals surface area contributed by atoms with Crippen LogP contribution in [0.2, 0.25) is 0 Å². The van der Waals surface area contributed by atoms with Crippen LogP contribution in [-0.4, -0.2) is 4.98 Å². The van der Waals surface area contributed by atoms with Crippen molar-refractivity contribution in [3.8, 4) is 11.1 Å². The number of aromatic amines is 1. The molecule has 0 aliphatic carbocycles. The van der Waals surface area contributed by atoms with Crippen molar-refractivity contribution in [2.75, 3.05) is 0 Å². The molecule has 94 valence electrons. The quantitative estimate of drug-likeness (QED) is 0.734. The lowest BCUT2D eigenvalue weighted by Crippen LogP contribution is -2.10. The van der Waals surface area contributed by atoms with Gasteiger partial charge in [0.25, 0.3) is 5.56 Å². The highest BCUT2D eigenvalue weighted by Crippen LogP contribution is 2.28. The summed E-state index contributed by atoms with van der Waals surface area (Å²) in [4.78, 5) is 14.7. The number of fused-ring (bicyclic) bond motifs is 1. The molecule has 3 heteroatoms. The van der Waals surface area contributed by atoms with Gasteiger partial charge in [0.15, 0.2) is 0 Å². The number of hydrogen-bond acceptors (Lipinski definition) is 2. The smallest absolute Gasteiger partial charge is 0.256 e. The molecule has 0 amide bonds. The van der Waals surface area contributed by atoms with Gasteiger partial charge in [0.2, 0.25) is 0 Å². The number of hydrogen-bond donors (Lipinski definition) is 2. The van der Waals surface area contributed by atoms with Gasteiger partial charge in [-0.1, -0.05) is 42.5 Å². The largest absolute Gasteiger partial charge is 0.329 e. The summed E-state index contributed by atoms with van der Waals surface area (Å²) in [6.45, 7) is 0.342. The summed E-state index contributed by atoms with van der Waals surface area (Å²) < 4.78 is 0. The first-order chi connectivity index (χ1) is 9.31. The average molecular weight is 250 g/mol. The van der Waals surface area contributed by atoms with Crippen molar-refractivity contribution in [2.45, 2.75) is 6.54 Å². The highest BCUT2D eigenvalue weighted by molar-refractivity contribution is 5.91. The minimum atomic E-state index is -0.0873. The number of benzene rings is 2. The molecule has 0 atom stereocenters. The first-order valence-corrected chi connectivity index (χ1v) is 6.20. The van der Waals surface area contributed by atoms with Gasteiger partial charge in [-0.3, -0.25) is 4.79 Å². The van der Waals surface area contributed by atoms with Gasteiger partial charge in [-0.25, -0.2) is 0 Å². The monoisotopic (exact) mass is 250 g/mol. The molecule has 1 heterocycles. The Bertz CT molecular complexity index is 776. The molecule has 0 aliphatic rings. The van der Waals surface area contributed by atoms with Gasteiger partial charge in [0.05, 0.1) is 5.39 Å². The van der Waals surface area contributed by atoms with E-state index in [4.69, 9.17) is 5.73 Å². The summed E-state index contributed by atoms with van der Waals surface area (Å²) in [5.74, 6) is 0. The summed E-state index contributed by atoms with van der Waals surface area (Å²) in [6.07, 6.45) is 1.66. The van der Waals surface area contributed by atoms with E-state index in [9.17, 15) is 4.79 Å². The molecule has 0 radical (unpaired) electrons. The Morgan fingerprint density at radius 3 is 2.53 bits per heavy atom. The van der Waals surface area contributed by atoms with Crippen LogP contribution in [0.3, 0.4) is 0 Å². The van der Waals surface area contributed by atoms with E-state index in [0.29, 0.717) is 11.9 Å². The van der Waals surface area contributed by atoms with E-state index in [2.05, 4.69) is 4.98 Å². The predicted molar refractivity (Wildman–Crippen MR) is 77.9 cm³/mol. The standard InChI is InChI=1S/C16H14N2O/c17-10-14-13(11-4-2-1-3-5-11)7-6-12-8-9-18-16(19)15(12)14/h1-9H,10,17H2,(H,18,19). The van der Waals surface area contributed by atoms with Crippen LogP contribution in [0.25, 0.3) is 21.9 Å². The number of H-pyrrole nitrogens is 1. The van der Waals surface area contributed by atoms with E-state index in [1.807, 2.05) is 48.5 Å². The maximum absolute atomic E-state index is 12.0. The van der Waals surface area contributed by atoms with E-state index in [1.54, 1.807) is 6.20 Å². The molecule has 19 heavy (non-hydrogen) atoms. The van der Waals surface area contributed by atoms with E-state index >= 15 is 0 Å². The molecule has 0 fully saturated rings. The van der Waals surface area contributed by atoms with E-state index in [-0.39, 0.29) is 5.56 Å². The van der Waals surface area contributed by atoms with Crippen LogP contribution in [-0.2, 0) is 6.54 Å². The molecule has 0 bridgehead atoms. The number of nitrogens with one attached hydrogen (secondary N) is 1. The van der Waals surface area contributed by atoms with Crippen LogP contribution in [0, 0.1) is 0 Å². The zero-order valence-corrected chi connectivity index (χ0v) is 10.4. The van der Waals surface area contributed by atoms with Crippen molar-refractivity contribution in [2.24, 2.45) is 5.73 Å². The summed E-state index contributed by atoms with van der Waals surface area (Å²) in [7, 11) is 0. The fourth-order valence-corrected chi connectivity index (χ4v) is 2.45. The molecular formula is C16H14N2O. The van der Waals surface area contributed by atoms with Gasteiger partial charge >= 0.3 is 0 Å². The molecule has 3 aromatic rings. The lowest BCUT2D eigenvalue weighted by Gasteiger charge is -2.11. The molecule has 0 aliphatic heterocycles. The van der Waals surface area contributed by atoms with Gasteiger partial charge < -0.3 is 10.7 Å². The topological polar surface area (TPSA) is 58.9 Å². The Morgan fingerprint density at radius 2 is 1.79 bits per heavy atom. The van der Waals surface area contributed by atoms with Crippen molar-refractivity contribution >= 4 is 10.8 Å². The van der Waals surface area contributed by atoms with Crippen molar-refractivity contribution in [1.29, 1.82) is 0 Å². The third-order valence-corrected chi connectivity index (χ3v) is 3.34. The third kappa shape index (κ3) is 1.94. The lowest BCUT2D eigenvalue weighted by atomic mass is 9.95. The fourth-order valence-electron chi connectivity index (χ4n) is 2.45. The molecule has 0 saturated heterocycles. The highest BCUT2D eigenvalue weighted by Gasteiger charge is 2.10. The molecular weight excluding hydrogens is 236 g/mol. The third-order valence-electron chi connectivity index (χ3n) is 3.34. The van der Waals surface area contributed by atoms with Gasteiger partial charge in [0, 0.05) is 12.7 Å². The Kier molecular flexibility index (Phi) is 2.89. The Hall–Kier alpha value is -2.39.